The number of hydrogen-bond acceptors (Lipinski definition) is 5. The Labute approximate surface area is 153 Å². The van der Waals surface area contributed by atoms with Crippen LogP contribution in [0.25, 0.3) is 11.3 Å². The second-order valence-electron chi connectivity index (χ2n) is 6.81. The number of likely N-dealkylation sites (tertiary alicyclic amines) is 1. The van der Waals surface area contributed by atoms with Gasteiger partial charge in [-0.25, -0.2) is 0 Å². The lowest BCUT2D eigenvalue weighted by Gasteiger charge is -2.14. The number of hydrogen-bond donors (Lipinski definition) is 3. The maximum absolute atomic E-state index is 12.5. The first kappa shape index (κ1) is 18.4. The van der Waals surface area contributed by atoms with Crippen molar-refractivity contribution in [3.8, 4) is 11.3 Å². The average molecular weight is 356 g/mol. The molecule has 1 fully saturated rings. The smallest absolute Gasteiger partial charge is 0.279 e. The number of allylic oxidation sites excluding steroid dienone is 1. The highest BCUT2D eigenvalue weighted by molar-refractivity contribution is 5.63. The Bertz CT molecular complexity index is 788. The van der Waals surface area contributed by atoms with Crippen molar-refractivity contribution in [2.75, 3.05) is 31.5 Å². The standard InChI is InChI=1S/C19H28N6O/c1-3-4-8-15-14(2)21-13-16(15)17-18(26)22-19(24-23-17)20-9-7-12-25-10-5-6-11-25/h3,13,21H,1,4-12H2,2H3,(H2,20,22,24,26). The Morgan fingerprint density at radius 1 is 1.35 bits per heavy atom. The third-order valence-electron chi connectivity index (χ3n) is 4.90. The van der Waals surface area contributed by atoms with Crippen molar-refractivity contribution in [1.82, 2.24) is 25.1 Å². The van der Waals surface area contributed by atoms with Crippen LogP contribution >= 0.6 is 0 Å². The SMILES string of the molecule is C=CCCc1c(-c2nnc(NCCCN3CCCC3)[nH]c2=O)c[nH]c1C. The highest BCUT2D eigenvalue weighted by Crippen LogP contribution is 2.23. The van der Waals surface area contributed by atoms with Gasteiger partial charge in [-0.15, -0.1) is 16.8 Å². The molecule has 0 radical (unpaired) electrons. The number of aryl methyl sites for hydroxylation is 1. The van der Waals surface area contributed by atoms with Gasteiger partial charge in [-0.05, 0) is 64.2 Å². The topological polar surface area (TPSA) is 89.7 Å². The molecule has 1 saturated heterocycles. The molecule has 7 heteroatoms. The third kappa shape index (κ3) is 4.40. The zero-order valence-electron chi connectivity index (χ0n) is 15.5. The Hall–Kier alpha value is -2.41. The Morgan fingerprint density at radius 2 is 2.15 bits per heavy atom. The molecular weight excluding hydrogens is 328 g/mol. The molecule has 3 rings (SSSR count). The summed E-state index contributed by atoms with van der Waals surface area (Å²) < 4.78 is 0. The van der Waals surface area contributed by atoms with E-state index in [4.69, 9.17) is 0 Å². The summed E-state index contributed by atoms with van der Waals surface area (Å²) in [6.45, 7) is 10.0. The summed E-state index contributed by atoms with van der Waals surface area (Å²) in [6.07, 6.45) is 9.02. The van der Waals surface area contributed by atoms with Gasteiger partial charge in [-0.2, -0.15) is 0 Å². The number of nitrogens with one attached hydrogen (secondary N) is 3. The van der Waals surface area contributed by atoms with Crippen LogP contribution in [0, 0.1) is 6.92 Å². The summed E-state index contributed by atoms with van der Waals surface area (Å²) in [5.41, 5.74) is 3.10. The van der Waals surface area contributed by atoms with Crippen molar-refractivity contribution in [3.05, 3.63) is 40.5 Å². The van der Waals surface area contributed by atoms with E-state index in [9.17, 15) is 4.79 Å². The van der Waals surface area contributed by atoms with Crippen LogP contribution in [0.1, 0.15) is 36.9 Å². The average Bonchev–Trinajstić information content (AvgIpc) is 3.27. The molecule has 1 aliphatic rings. The second-order valence-corrected chi connectivity index (χ2v) is 6.81. The van der Waals surface area contributed by atoms with Gasteiger partial charge >= 0.3 is 0 Å². The van der Waals surface area contributed by atoms with Gasteiger partial charge in [-0.3, -0.25) is 9.78 Å². The van der Waals surface area contributed by atoms with E-state index in [0.717, 1.165) is 49.2 Å². The second kappa shape index (κ2) is 8.80. The fraction of sp³-hybridized carbons (Fsp3) is 0.526. The van der Waals surface area contributed by atoms with E-state index in [2.05, 4.69) is 37.0 Å². The van der Waals surface area contributed by atoms with E-state index >= 15 is 0 Å². The van der Waals surface area contributed by atoms with Gasteiger partial charge in [0, 0.05) is 24.0 Å². The van der Waals surface area contributed by atoms with Crippen molar-refractivity contribution in [2.45, 2.75) is 39.0 Å². The number of rotatable bonds is 9. The molecule has 2 aromatic rings. The van der Waals surface area contributed by atoms with E-state index in [0.29, 0.717) is 11.6 Å². The van der Waals surface area contributed by atoms with Gasteiger partial charge in [0.25, 0.3) is 5.56 Å². The van der Waals surface area contributed by atoms with Crippen LogP contribution in [0.15, 0.2) is 23.6 Å². The third-order valence-corrected chi connectivity index (χ3v) is 4.90. The first-order chi connectivity index (χ1) is 12.7. The van der Waals surface area contributed by atoms with Gasteiger partial charge in [0.05, 0.1) is 0 Å². The molecule has 26 heavy (non-hydrogen) atoms. The van der Waals surface area contributed by atoms with Crippen molar-refractivity contribution >= 4 is 5.95 Å². The summed E-state index contributed by atoms with van der Waals surface area (Å²) in [6, 6.07) is 0. The van der Waals surface area contributed by atoms with Gasteiger partial charge < -0.3 is 15.2 Å². The molecule has 3 heterocycles. The number of anilines is 1. The minimum Gasteiger partial charge on any atom is -0.364 e. The molecule has 7 nitrogen and oxygen atoms in total. The molecule has 0 spiro atoms. The molecule has 0 saturated carbocycles. The minimum absolute atomic E-state index is 0.221. The predicted molar refractivity (Wildman–Crippen MR) is 104 cm³/mol. The van der Waals surface area contributed by atoms with Crippen LogP contribution in [0.2, 0.25) is 0 Å². The normalized spacial score (nSPS) is 14.7. The molecule has 0 bridgehead atoms. The van der Waals surface area contributed by atoms with Crippen LogP contribution in [0.3, 0.4) is 0 Å². The Morgan fingerprint density at radius 3 is 2.88 bits per heavy atom. The van der Waals surface area contributed by atoms with Gasteiger partial charge in [0.1, 0.15) is 0 Å². The van der Waals surface area contributed by atoms with Crippen molar-refractivity contribution in [3.63, 3.8) is 0 Å². The molecule has 0 unspecified atom stereocenters. The molecule has 0 amide bonds. The summed E-state index contributed by atoms with van der Waals surface area (Å²) >= 11 is 0. The highest BCUT2D eigenvalue weighted by atomic mass is 16.1. The predicted octanol–water partition coefficient (Wildman–Crippen LogP) is 2.48. The first-order valence-corrected chi connectivity index (χ1v) is 9.40. The lowest BCUT2D eigenvalue weighted by Crippen LogP contribution is -2.23. The Balaban J connectivity index is 1.62. The number of aromatic amines is 2. The summed E-state index contributed by atoms with van der Waals surface area (Å²) in [5, 5.41) is 11.5. The molecular formula is C19H28N6O. The van der Waals surface area contributed by atoms with Crippen LogP contribution in [0.4, 0.5) is 5.95 Å². The lowest BCUT2D eigenvalue weighted by atomic mass is 10.0. The van der Waals surface area contributed by atoms with E-state index in [1.54, 1.807) is 0 Å². The van der Waals surface area contributed by atoms with Gasteiger partial charge in [0.2, 0.25) is 5.95 Å². The molecule has 140 valence electrons. The van der Waals surface area contributed by atoms with E-state index in [-0.39, 0.29) is 5.56 Å². The summed E-state index contributed by atoms with van der Waals surface area (Å²) in [7, 11) is 0. The number of H-pyrrole nitrogens is 2. The molecule has 3 N–H and O–H groups in total. The van der Waals surface area contributed by atoms with Gasteiger partial charge in [0.15, 0.2) is 5.69 Å². The molecule has 0 aromatic carbocycles. The van der Waals surface area contributed by atoms with E-state index < -0.39 is 0 Å². The van der Waals surface area contributed by atoms with E-state index in [1.807, 2.05) is 19.2 Å². The summed E-state index contributed by atoms with van der Waals surface area (Å²) in [5.74, 6) is 0.431. The number of aromatic nitrogens is 4. The maximum Gasteiger partial charge on any atom is 0.279 e. The Kier molecular flexibility index (Phi) is 6.22. The first-order valence-electron chi connectivity index (χ1n) is 9.40. The zero-order chi connectivity index (χ0) is 18.4. The van der Waals surface area contributed by atoms with Crippen molar-refractivity contribution in [2.24, 2.45) is 0 Å². The largest absolute Gasteiger partial charge is 0.364 e. The minimum atomic E-state index is -0.221. The lowest BCUT2D eigenvalue weighted by molar-refractivity contribution is 0.337. The van der Waals surface area contributed by atoms with Crippen LogP contribution < -0.4 is 10.9 Å². The quantitative estimate of drug-likeness (QED) is 0.474. The molecule has 1 aliphatic heterocycles. The zero-order valence-corrected chi connectivity index (χ0v) is 15.5. The van der Waals surface area contributed by atoms with Crippen LogP contribution in [-0.4, -0.2) is 51.2 Å². The van der Waals surface area contributed by atoms with Crippen molar-refractivity contribution < 1.29 is 0 Å². The monoisotopic (exact) mass is 356 g/mol. The number of nitrogens with zero attached hydrogens (tertiary/aromatic N) is 3. The van der Waals surface area contributed by atoms with Crippen LogP contribution in [0.5, 0.6) is 0 Å². The van der Waals surface area contributed by atoms with Crippen molar-refractivity contribution in [1.29, 1.82) is 0 Å². The van der Waals surface area contributed by atoms with Gasteiger partial charge in [-0.1, -0.05) is 6.08 Å². The fourth-order valence-corrected chi connectivity index (χ4v) is 3.45. The molecule has 2 aromatic heterocycles. The fourth-order valence-electron chi connectivity index (χ4n) is 3.45. The molecule has 0 aliphatic carbocycles. The highest BCUT2D eigenvalue weighted by Gasteiger charge is 2.15. The summed E-state index contributed by atoms with van der Waals surface area (Å²) in [4.78, 5) is 20.9. The molecule has 0 atom stereocenters. The van der Waals surface area contributed by atoms with Crippen LogP contribution in [-0.2, 0) is 6.42 Å². The van der Waals surface area contributed by atoms with E-state index in [1.165, 1.54) is 25.9 Å². The maximum atomic E-state index is 12.5.